The quantitative estimate of drug-likeness (QED) is 0.867. The van der Waals surface area contributed by atoms with Gasteiger partial charge in [0.25, 0.3) is 0 Å². The van der Waals surface area contributed by atoms with Gasteiger partial charge in [0.1, 0.15) is 6.04 Å². The molecule has 4 heteroatoms. The standard InChI is InChI=1S/C14H17N2O2/c1-11(17)16-9-5-8-13(16)14(18)15-10-12-6-3-2-4-7-12/h2-3,6-7,13H,5,8-10H2,1H3,(H,15,18)/t13-/m0/s1. The number of likely N-dealkylation sites (tertiary alicyclic amines) is 1. The maximum atomic E-state index is 12.0. The molecule has 1 saturated heterocycles. The molecule has 18 heavy (non-hydrogen) atoms. The largest absolute Gasteiger partial charge is 0.350 e. The number of carbonyl (C=O) groups is 2. The van der Waals surface area contributed by atoms with Crippen LogP contribution >= 0.6 is 0 Å². The van der Waals surface area contributed by atoms with Gasteiger partial charge in [-0.3, -0.25) is 9.59 Å². The molecule has 0 aromatic heterocycles. The average Bonchev–Trinajstić information content (AvgIpc) is 2.86. The smallest absolute Gasteiger partial charge is 0.243 e. The van der Waals surface area contributed by atoms with Gasteiger partial charge < -0.3 is 10.2 Å². The second kappa shape index (κ2) is 5.67. The van der Waals surface area contributed by atoms with E-state index in [1.54, 1.807) is 4.90 Å². The highest BCUT2D eigenvalue weighted by Gasteiger charge is 2.31. The van der Waals surface area contributed by atoms with Crippen LogP contribution in [0.5, 0.6) is 0 Å². The zero-order chi connectivity index (χ0) is 13.0. The van der Waals surface area contributed by atoms with E-state index >= 15 is 0 Å². The molecule has 1 N–H and O–H groups in total. The molecular weight excluding hydrogens is 228 g/mol. The van der Waals surface area contributed by atoms with Gasteiger partial charge in [-0.05, 0) is 30.5 Å². The van der Waals surface area contributed by atoms with Crippen molar-refractivity contribution in [3.05, 3.63) is 35.9 Å². The van der Waals surface area contributed by atoms with Gasteiger partial charge in [0.2, 0.25) is 11.8 Å². The number of carbonyl (C=O) groups excluding carboxylic acids is 2. The third kappa shape index (κ3) is 2.88. The van der Waals surface area contributed by atoms with Crippen LogP contribution in [-0.2, 0) is 16.1 Å². The molecule has 0 bridgehead atoms. The lowest BCUT2D eigenvalue weighted by Gasteiger charge is -2.22. The monoisotopic (exact) mass is 245 g/mol. The SMILES string of the molecule is CC(=O)N1CCC[C@H]1C(=O)NCc1c[c]ccc1. The van der Waals surface area contributed by atoms with Crippen molar-refractivity contribution in [1.29, 1.82) is 0 Å². The zero-order valence-electron chi connectivity index (χ0n) is 10.5. The number of rotatable bonds is 3. The van der Waals surface area contributed by atoms with Gasteiger partial charge in [0.05, 0.1) is 0 Å². The molecule has 1 fully saturated rings. The van der Waals surface area contributed by atoms with Crippen LogP contribution in [0.3, 0.4) is 0 Å². The number of amides is 2. The molecule has 1 radical (unpaired) electrons. The number of nitrogens with one attached hydrogen (secondary N) is 1. The number of hydrogen-bond donors (Lipinski definition) is 1. The van der Waals surface area contributed by atoms with Gasteiger partial charge in [0, 0.05) is 20.0 Å². The lowest BCUT2D eigenvalue weighted by atomic mass is 10.2. The Kier molecular flexibility index (Phi) is 3.97. The first-order valence-corrected chi connectivity index (χ1v) is 6.18. The molecule has 4 nitrogen and oxygen atoms in total. The van der Waals surface area contributed by atoms with Crippen LogP contribution in [0.25, 0.3) is 0 Å². The molecule has 2 rings (SSSR count). The maximum Gasteiger partial charge on any atom is 0.243 e. The van der Waals surface area contributed by atoms with Crippen molar-refractivity contribution >= 4 is 11.8 Å². The summed E-state index contributed by atoms with van der Waals surface area (Å²) in [6.07, 6.45) is 1.66. The van der Waals surface area contributed by atoms with Crippen LogP contribution in [0, 0.1) is 6.07 Å². The molecule has 0 spiro atoms. The predicted octanol–water partition coefficient (Wildman–Crippen LogP) is 1.11. The first-order chi connectivity index (χ1) is 8.68. The van der Waals surface area contributed by atoms with Crippen LogP contribution in [0.4, 0.5) is 0 Å². The molecule has 0 saturated carbocycles. The van der Waals surface area contributed by atoms with Crippen LogP contribution in [-0.4, -0.2) is 29.3 Å². The highest BCUT2D eigenvalue weighted by atomic mass is 16.2. The van der Waals surface area contributed by atoms with Crippen LogP contribution in [0.2, 0.25) is 0 Å². The Morgan fingerprint density at radius 3 is 3.06 bits per heavy atom. The first-order valence-electron chi connectivity index (χ1n) is 6.18. The summed E-state index contributed by atoms with van der Waals surface area (Å²) in [5.74, 6) is -0.0905. The number of benzene rings is 1. The molecule has 0 unspecified atom stereocenters. The van der Waals surface area contributed by atoms with E-state index < -0.39 is 0 Å². The predicted molar refractivity (Wildman–Crippen MR) is 67.5 cm³/mol. The normalized spacial score (nSPS) is 18.7. The molecular formula is C14H17N2O2. The summed E-state index contributed by atoms with van der Waals surface area (Å²) in [6, 6.07) is 10.2. The van der Waals surface area contributed by atoms with Gasteiger partial charge in [-0.15, -0.1) is 0 Å². The molecule has 0 aliphatic carbocycles. The van der Waals surface area contributed by atoms with Crippen molar-refractivity contribution in [1.82, 2.24) is 10.2 Å². The Hall–Kier alpha value is -1.84. The lowest BCUT2D eigenvalue weighted by molar-refractivity contribution is -0.136. The van der Waals surface area contributed by atoms with E-state index in [0.29, 0.717) is 13.1 Å². The minimum absolute atomic E-state index is 0.0271. The van der Waals surface area contributed by atoms with Gasteiger partial charge >= 0.3 is 0 Å². The second-order valence-electron chi connectivity index (χ2n) is 4.50. The highest BCUT2D eigenvalue weighted by molar-refractivity contribution is 5.87. The van der Waals surface area contributed by atoms with Crippen molar-refractivity contribution < 1.29 is 9.59 Å². The summed E-state index contributed by atoms with van der Waals surface area (Å²) in [6.45, 7) is 2.68. The Morgan fingerprint density at radius 1 is 1.56 bits per heavy atom. The Balaban J connectivity index is 1.90. The number of nitrogens with zero attached hydrogens (tertiary/aromatic N) is 1. The Bertz CT molecular complexity index is 431. The highest BCUT2D eigenvalue weighted by Crippen LogP contribution is 2.17. The van der Waals surface area contributed by atoms with Crippen molar-refractivity contribution in [2.75, 3.05) is 6.54 Å². The lowest BCUT2D eigenvalue weighted by Crippen LogP contribution is -2.44. The third-order valence-electron chi connectivity index (χ3n) is 3.20. The fourth-order valence-corrected chi connectivity index (χ4v) is 2.26. The van der Waals surface area contributed by atoms with E-state index in [4.69, 9.17) is 0 Å². The minimum atomic E-state index is -0.296. The van der Waals surface area contributed by atoms with E-state index in [-0.39, 0.29) is 17.9 Å². The Morgan fingerprint density at radius 2 is 2.39 bits per heavy atom. The maximum absolute atomic E-state index is 12.0. The van der Waals surface area contributed by atoms with E-state index in [1.165, 1.54) is 6.92 Å². The summed E-state index contributed by atoms with van der Waals surface area (Å²) < 4.78 is 0. The molecule has 1 aliphatic rings. The molecule has 95 valence electrons. The summed E-state index contributed by atoms with van der Waals surface area (Å²) in [5.41, 5.74) is 1.01. The summed E-state index contributed by atoms with van der Waals surface area (Å²) in [5, 5.41) is 2.87. The number of hydrogen-bond acceptors (Lipinski definition) is 2. The van der Waals surface area contributed by atoms with E-state index in [9.17, 15) is 9.59 Å². The van der Waals surface area contributed by atoms with Crippen molar-refractivity contribution in [3.8, 4) is 0 Å². The fraction of sp³-hybridized carbons (Fsp3) is 0.429. The zero-order valence-corrected chi connectivity index (χ0v) is 10.5. The van der Waals surface area contributed by atoms with Gasteiger partial charge in [0.15, 0.2) is 0 Å². The van der Waals surface area contributed by atoms with Gasteiger partial charge in [-0.1, -0.05) is 18.2 Å². The molecule has 2 amide bonds. The molecule has 1 aliphatic heterocycles. The van der Waals surface area contributed by atoms with Crippen molar-refractivity contribution in [2.45, 2.75) is 32.4 Å². The van der Waals surface area contributed by atoms with E-state index in [0.717, 1.165) is 18.4 Å². The first kappa shape index (κ1) is 12.6. The average molecular weight is 245 g/mol. The van der Waals surface area contributed by atoms with E-state index in [1.807, 2.05) is 24.3 Å². The molecule has 1 aromatic rings. The van der Waals surface area contributed by atoms with Crippen molar-refractivity contribution in [3.63, 3.8) is 0 Å². The Labute approximate surface area is 107 Å². The van der Waals surface area contributed by atoms with Crippen LogP contribution in [0.15, 0.2) is 24.3 Å². The summed E-state index contributed by atoms with van der Waals surface area (Å²) in [7, 11) is 0. The topological polar surface area (TPSA) is 49.4 Å². The molecule has 1 aromatic carbocycles. The molecule has 1 atom stereocenters. The summed E-state index contributed by atoms with van der Waals surface area (Å²) in [4.78, 5) is 25.0. The fourth-order valence-electron chi connectivity index (χ4n) is 2.26. The van der Waals surface area contributed by atoms with Crippen LogP contribution in [0.1, 0.15) is 25.3 Å². The van der Waals surface area contributed by atoms with Gasteiger partial charge in [-0.25, -0.2) is 0 Å². The van der Waals surface area contributed by atoms with Crippen molar-refractivity contribution in [2.24, 2.45) is 0 Å². The molecule has 1 heterocycles. The second-order valence-corrected chi connectivity index (χ2v) is 4.50. The van der Waals surface area contributed by atoms with E-state index in [2.05, 4.69) is 11.4 Å². The van der Waals surface area contributed by atoms with Gasteiger partial charge in [-0.2, -0.15) is 0 Å². The third-order valence-corrected chi connectivity index (χ3v) is 3.20. The van der Waals surface area contributed by atoms with Crippen LogP contribution < -0.4 is 5.32 Å². The minimum Gasteiger partial charge on any atom is -0.350 e. The summed E-state index contributed by atoms with van der Waals surface area (Å²) >= 11 is 0.